The van der Waals surface area contributed by atoms with Crippen LogP contribution in [0.4, 0.5) is 5.13 Å². The lowest BCUT2D eigenvalue weighted by Gasteiger charge is -2.04. The van der Waals surface area contributed by atoms with Crippen LogP contribution in [0.5, 0.6) is 0 Å². The second-order valence-corrected chi connectivity index (χ2v) is 5.14. The van der Waals surface area contributed by atoms with E-state index in [4.69, 9.17) is 4.74 Å². The van der Waals surface area contributed by atoms with E-state index in [2.05, 4.69) is 15.5 Å². The molecule has 2 aromatic rings. The van der Waals surface area contributed by atoms with Crippen LogP contribution in [0.25, 0.3) is 0 Å². The van der Waals surface area contributed by atoms with Gasteiger partial charge in [0.15, 0.2) is 0 Å². The van der Waals surface area contributed by atoms with Crippen LogP contribution < -0.4 is 5.32 Å². The van der Waals surface area contributed by atoms with Gasteiger partial charge in [0.25, 0.3) is 0 Å². The Kier molecular flexibility index (Phi) is 5.00. The molecule has 1 N–H and O–H groups in total. The van der Waals surface area contributed by atoms with Crippen molar-refractivity contribution in [1.82, 2.24) is 10.2 Å². The van der Waals surface area contributed by atoms with E-state index in [1.54, 1.807) is 0 Å². The molecule has 0 saturated heterocycles. The summed E-state index contributed by atoms with van der Waals surface area (Å²) in [7, 11) is 0. The summed E-state index contributed by atoms with van der Waals surface area (Å²) in [5.74, 6) is -0.107. The summed E-state index contributed by atoms with van der Waals surface area (Å²) in [6, 6.07) is 9.86. The number of hydrogen-bond acceptors (Lipinski definition) is 5. The van der Waals surface area contributed by atoms with Crippen LogP contribution in [0.3, 0.4) is 0 Å². The topological polar surface area (TPSA) is 64.1 Å². The quantitative estimate of drug-likeness (QED) is 0.823. The molecule has 0 atom stereocenters. The number of amides is 1. The van der Waals surface area contributed by atoms with Gasteiger partial charge in [-0.15, -0.1) is 10.2 Å². The van der Waals surface area contributed by atoms with Gasteiger partial charge in [-0.1, -0.05) is 41.7 Å². The molecule has 0 aliphatic heterocycles. The third-order valence-electron chi connectivity index (χ3n) is 2.36. The first-order chi connectivity index (χ1) is 9.24. The molecule has 0 bridgehead atoms. The molecule has 5 nitrogen and oxygen atoms in total. The third kappa shape index (κ3) is 4.76. The van der Waals surface area contributed by atoms with Gasteiger partial charge in [-0.3, -0.25) is 4.79 Å². The van der Waals surface area contributed by atoms with Gasteiger partial charge in [-0.25, -0.2) is 0 Å². The van der Waals surface area contributed by atoms with Crippen molar-refractivity contribution >= 4 is 22.4 Å². The number of hydrogen-bond donors (Lipinski definition) is 1. The van der Waals surface area contributed by atoms with Gasteiger partial charge in [0, 0.05) is 0 Å². The van der Waals surface area contributed by atoms with Crippen molar-refractivity contribution < 1.29 is 9.53 Å². The Bertz CT molecular complexity index is 528. The van der Waals surface area contributed by atoms with E-state index in [0.717, 1.165) is 10.6 Å². The number of nitrogens with one attached hydrogen (secondary N) is 1. The number of ether oxygens (including phenoxy) is 1. The number of rotatable bonds is 6. The van der Waals surface area contributed by atoms with Crippen LogP contribution in [0.2, 0.25) is 0 Å². The van der Waals surface area contributed by atoms with E-state index in [-0.39, 0.29) is 5.91 Å². The first-order valence-electron chi connectivity index (χ1n) is 5.95. The molecule has 1 aromatic heterocycles. The highest BCUT2D eigenvalue weighted by atomic mass is 32.1. The molecular weight excluding hydrogens is 262 g/mol. The molecule has 0 aliphatic carbocycles. The summed E-state index contributed by atoms with van der Waals surface area (Å²) in [5, 5.41) is 11.7. The van der Waals surface area contributed by atoms with Crippen LogP contribution in [0.15, 0.2) is 30.3 Å². The summed E-state index contributed by atoms with van der Waals surface area (Å²) >= 11 is 1.36. The highest BCUT2D eigenvalue weighted by molar-refractivity contribution is 7.15. The summed E-state index contributed by atoms with van der Waals surface area (Å²) in [4.78, 5) is 11.6. The lowest BCUT2D eigenvalue weighted by molar-refractivity contribution is -0.117. The molecule has 0 unspecified atom stereocenters. The highest BCUT2D eigenvalue weighted by Crippen LogP contribution is 2.13. The molecule has 1 heterocycles. The fourth-order valence-corrected chi connectivity index (χ4v) is 2.07. The summed E-state index contributed by atoms with van der Waals surface area (Å²) in [6.45, 7) is 2.75. The molecule has 100 valence electrons. The van der Waals surface area contributed by atoms with Gasteiger partial charge in [0.2, 0.25) is 11.0 Å². The van der Waals surface area contributed by atoms with Gasteiger partial charge in [-0.2, -0.15) is 0 Å². The van der Waals surface area contributed by atoms with Gasteiger partial charge in [0.05, 0.1) is 19.6 Å². The van der Waals surface area contributed by atoms with E-state index >= 15 is 0 Å². The zero-order valence-corrected chi connectivity index (χ0v) is 11.4. The Balaban J connectivity index is 1.64. The van der Waals surface area contributed by atoms with Crippen molar-refractivity contribution in [2.24, 2.45) is 0 Å². The summed E-state index contributed by atoms with van der Waals surface area (Å²) in [6.07, 6.45) is 0.311. The molecule has 0 spiro atoms. The predicted octanol–water partition coefficient (Wildman–Crippen LogP) is 2.39. The lowest BCUT2D eigenvalue weighted by atomic mass is 10.2. The number of nitrogens with zero attached hydrogens (tertiary/aromatic N) is 2. The van der Waals surface area contributed by atoms with Crippen LogP contribution in [0.1, 0.15) is 17.0 Å². The molecular formula is C13H15N3O2S. The maximum absolute atomic E-state index is 11.6. The molecule has 0 saturated carbocycles. The second-order valence-electron chi connectivity index (χ2n) is 3.96. The Hall–Kier alpha value is -1.79. The summed E-state index contributed by atoms with van der Waals surface area (Å²) < 4.78 is 5.44. The first-order valence-corrected chi connectivity index (χ1v) is 6.77. The molecule has 2 rings (SSSR count). The van der Waals surface area contributed by atoms with E-state index in [1.165, 1.54) is 11.3 Å². The minimum Gasteiger partial charge on any atom is -0.376 e. The molecule has 0 fully saturated rings. The van der Waals surface area contributed by atoms with Gasteiger partial charge >= 0.3 is 0 Å². The van der Waals surface area contributed by atoms with E-state index in [9.17, 15) is 4.79 Å². The van der Waals surface area contributed by atoms with Crippen molar-refractivity contribution in [2.75, 3.05) is 11.9 Å². The number of benzene rings is 1. The fraction of sp³-hybridized carbons (Fsp3) is 0.308. The van der Waals surface area contributed by atoms with Crippen molar-refractivity contribution in [3.8, 4) is 0 Å². The third-order valence-corrected chi connectivity index (χ3v) is 3.11. The number of anilines is 1. The Morgan fingerprint density at radius 1 is 1.32 bits per heavy atom. The van der Waals surface area contributed by atoms with E-state index < -0.39 is 0 Å². The van der Waals surface area contributed by atoms with Gasteiger partial charge < -0.3 is 10.1 Å². The normalized spacial score (nSPS) is 10.4. The van der Waals surface area contributed by atoms with Crippen molar-refractivity contribution in [3.63, 3.8) is 0 Å². The number of carbonyl (C=O) groups excluding carboxylic acids is 1. The zero-order valence-electron chi connectivity index (χ0n) is 10.6. The minimum absolute atomic E-state index is 0.107. The number of aromatic nitrogens is 2. The smallest absolute Gasteiger partial charge is 0.228 e. The standard InChI is InChI=1S/C13H15N3O2S/c1-10-15-16-13(19-10)14-12(17)7-8-18-9-11-5-3-2-4-6-11/h2-6H,7-9H2,1H3,(H,14,16,17). The zero-order chi connectivity index (χ0) is 13.5. The Morgan fingerprint density at radius 2 is 2.11 bits per heavy atom. The van der Waals surface area contributed by atoms with Gasteiger partial charge in [0.1, 0.15) is 5.01 Å². The Labute approximate surface area is 115 Å². The monoisotopic (exact) mass is 277 g/mol. The first kappa shape index (κ1) is 13.6. The van der Waals surface area contributed by atoms with E-state index in [1.807, 2.05) is 37.3 Å². The average Bonchev–Trinajstić information content (AvgIpc) is 2.81. The second kappa shape index (κ2) is 6.96. The van der Waals surface area contributed by atoms with Gasteiger partial charge in [-0.05, 0) is 12.5 Å². The molecule has 1 amide bonds. The predicted molar refractivity (Wildman–Crippen MR) is 74.0 cm³/mol. The highest BCUT2D eigenvalue weighted by Gasteiger charge is 2.06. The SMILES string of the molecule is Cc1nnc(NC(=O)CCOCc2ccccc2)s1. The molecule has 6 heteroatoms. The van der Waals surface area contributed by atoms with Crippen LogP contribution in [0, 0.1) is 6.92 Å². The van der Waals surface area contributed by atoms with Crippen molar-refractivity contribution in [3.05, 3.63) is 40.9 Å². The summed E-state index contributed by atoms with van der Waals surface area (Å²) in [5.41, 5.74) is 1.10. The number of aryl methyl sites for hydroxylation is 1. The minimum atomic E-state index is -0.107. The largest absolute Gasteiger partial charge is 0.376 e. The van der Waals surface area contributed by atoms with E-state index in [0.29, 0.717) is 24.8 Å². The van der Waals surface area contributed by atoms with Crippen molar-refractivity contribution in [2.45, 2.75) is 20.0 Å². The maximum atomic E-state index is 11.6. The molecule has 19 heavy (non-hydrogen) atoms. The van der Waals surface area contributed by atoms with Crippen molar-refractivity contribution in [1.29, 1.82) is 0 Å². The molecule has 0 aliphatic rings. The molecule has 1 aromatic carbocycles. The lowest BCUT2D eigenvalue weighted by Crippen LogP contribution is -2.14. The molecule has 0 radical (unpaired) electrons. The van der Waals surface area contributed by atoms with Crippen LogP contribution in [-0.2, 0) is 16.1 Å². The number of carbonyl (C=O) groups is 1. The Morgan fingerprint density at radius 3 is 2.79 bits per heavy atom. The maximum Gasteiger partial charge on any atom is 0.228 e. The van der Waals surface area contributed by atoms with Crippen LogP contribution in [-0.4, -0.2) is 22.7 Å². The fourth-order valence-electron chi connectivity index (χ4n) is 1.46. The van der Waals surface area contributed by atoms with Crippen LogP contribution >= 0.6 is 11.3 Å². The average molecular weight is 277 g/mol.